The Hall–Kier alpha value is -2.08. The molecule has 0 heterocycles. The van der Waals surface area contributed by atoms with E-state index in [2.05, 4.69) is 10.6 Å². The molecule has 4 N–H and O–H groups in total. The van der Waals surface area contributed by atoms with Gasteiger partial charge < -0.3 is 21.1 Å². The number of hydrogen-bond acceptors (Lipinski definition) is 4. The van der Waals surface area contributed by atoms with Gasteiger partial charge in [-0.3, -0.25) is 9.59 Å². The lowest BCUT2D eigenvalue weighted by atomic mass is 9.99. The summed E-state index contributed by atoms with van der Waals surface area (Å²) < 4.78 is 5.32. The number of anilines is 1. The van der Waals surface area contributed by atoms with E-state index in [1.807, 2.05) is 13.8 Å². The molecule has 0 aliphatic carbocycles. The highest BCUT2D eigenvalue weighted by Gasteiger charge is 2.19. The Balaban J connectivity index is 2.64. The maximum Gasteiger partial charge on any atom is 0.257 e. The quantitative estimate of drug-likeness (QED) is 0.702. The highest BCUT2D eigenvalue weighted by molar-refractivity contribution is 5.95. The second-order valence-electron chi connectivity index (χ2n) is 4.89. The molecule has 0 radical (unpaired) electrons. The van der Waals surface area contributed by atoms with Crippen molar-refractivity contribution < 1.29 is 14.3 Å². The van der Waals surface area contributed by atoms with Gasteiger partial charge in [-0.25, -0.2) is 0 Å². The van der Waals surface area contributed by atoms with E-state index in [1.165, 1.54) is 0 Å². The van der Waals surface area contributed by atoms with Gasteiger partial charge >= 0.3 is 0 Å². The normalized spacial score (nSPS) is 13.1. The fourth-order valence-corrected chi connectivity index (χ4v) is 1.62. The van der Waals surface area contributed by atoms with Crippen molar-refractivity contribution in [2.24, 2.45) is 11.7 Å². The Kier molecular flexibility index (Phi) is 6.68. The molecule has 2 amide bonds. The number of amides is 2. The van der Waals surface area contributed by atoms with Crippen LogP contribution in [-0.4, -0.2) is 31.5 Å². The number of nitrogens with one attached hydrogen (secondary N) is 2. The van der Waals surface area contributed by atoms with E-state index in [9.17, 15) is 9.59 Å². The average Bonchev–Trinajstić information content (AvgIpc) is 2.51. The van der Waals surface area contributed by atoms with Crippen LogP contribution in [0.25, 0.3) is 0 Å². The summed E-state index contributed by atoms with van der Waals surface area (Å²) in [5.74, 6) is 0.169. The molecule has 0 fully saturated rings. The van der Waals surface area contributed by atoms with Crippen molar-refractivity contribution in [3.63, 3.8) is 0 Å². The minimum Gasteiger partial charge on any atom is -0.484 e. The molecule has 0 aliphatic heterocycles. The Labute approximate surface area is 125 Å². The molecule has 2 atom stereocenters. The Morgan fingerprint density at radius 2 is 2.10 bits per heavy atom. The first-order valence-corrected chi connectivity index (χ1v) is 6.97. The molecule has 1 rings (SSSR count). The predicted octanol–water partition coefficient (Wildman–Crippen LogP) is 1.12. The van der Waals surface area contributed by atoms with Gasteiger partial charge in [0.2, 0.25) is 5.91 Å². The molecule has 0 saturated carbocycles. The maximum absolute atomic E-state index is 12.0. The predicted molar refractivity (Wildman–Crippen MR) is 82.1 cm³/mol. The molecular weight excluding hydrogens is 270 g/mol. The number of likely N-dealkylation sites (N-methyl/N-ethyl adjacent to an activating group) is 1. The molecule has 0 aliphatic rings. The summed E-state index contributed by atoms with van der Waals surface area (Å²) in [6, 6.07) is 6.31. The number of carbonyl (C=O) groups is 2. The van der Waals surface area contributed by atoms with Crippen LogP contribution < -0.4 is 21.1 Å². The molecule has 6 heteroatoms. The third-order valence-corrected chi connectivity index (χ3v) is 3.31. The summed E-state index contributed by atoms with van der Waals surface area (Å²) in [5.41, 5.74) is 6.47. The summed E-state index contributed by atoms with van der Waals surface area (Å²) in [7, 11) is 1.54. The van der Waals surface area contributed by atoms with Crippen LogP contribution >= 0.6 is 0 Å². The van der Waals surface area contributed by atoms with Gasteiger partial charge in [-0.1, -0.05) is 26.3 Å². The molecule has 0 unspecified atom stereocenters. The van der Waals surface area contributed by atoms with Gasteiger partial charge in [0.1, 0.15) is 5.75 Å². The smallest absolute Gasteiger partial charge is 0.257 e. The Bertz CT molecular complexity index is 491. The van der Waals surface area contributed by atoms with Crippen LogP contribution in [0.15, 0.2) is 24.3 Å². The van der Waals surface area contributed by atoms with Crippen molar-refractivity contribution >= 4 is 17.5 Å². The molecule has 0 saturated heterocycles. The highest BCUT2D eigenvalue weighted by Crippen LogP contribution is 2.18. The van der Waals surface area contributed by atoms with Gasteiger partial charge in [0.05, 0.1) is 6.04 Å². The first kappa shape index (κ1) is 17.0. The first-order valence-electron chi connectivity index (χ1n) is 6.97. The minimum absolute atomic E-state index is 0.0692. The maximum atomic E-state index is 12.0. The molecule has 21 heavy (non-hydrogen) atoms. The van der Waals surface area contributed by atoms with Crippen LogP contribution in [0.5, 0.6) is 5.75 Å². The number of carbonyl (C=O) groups excluding carboxylic acids is 2. The molecular formula is C15H23N3O3. The van der Waals surface area contributed by atoms with Gasteiger partial charge in [0.15, 0.2) is 6.61 Å². The van der Waals surface area contributed by atoms with Crippen LogP contribution in [0.2, 0.25) is 0 Å². The fourth-order valence-electron chi connectivity index (χ4n) is 1.62. The second kappa shape index (κ2) is 8.26. The summed E-state index contributed by atoms with van der Waals surface area (Å²) in [6.07, 6.45) is 0.837. The molecule has 1 aromatic rings. The van der Waals surface area contributed by atoms with Crippen molar-refractivity contribution in [3.8, 4) is 5.75 Å². The van der Waals surface area contributed by atoms with Gasteiger partial charge in [-0.05, 0) is 18.1 Å². The zero-order valence-electron chi connectivity index (χ0n) is 12.7. The van der Waals surface area contributed by atoms with Crippen LogP contribution in [0.1, 0.15) is 20.3 Å². The third-order valence-electron chi connectivity index (χ3n) is 3.31. The second-order valence-corrected chi connectivity index (χ2v) is 4.89. The fraction of sp³-hybridized carbons (Fsp3) is 0.467. The van der Waals surface area contributed by atoms with Crippen molar-refractivity contribution in [1.29, 1.82) is 0 Å². The van der Waals surface area contributed by atoms with Crippen molar-refractivity contribution in [3.05, 3.63) is 24.3 Å². The van der Waals surface area contributed by atoms with E-state index in [4.69, 9.17) is 10.5 Å². The molecule has 116 valence electrons. The third kappa shape index (κ3) is 5.43. The van der Waals surface area contributed by atoms with Gasteiger partial charge in [-0.2, -0.15) is 0 Å². The number of ether oxygens (including phenoxy) is 1. The summed E-state index contributed by atoms with van der Waals surface area (Å²) in [4.78, 5) is 23.1. The van der Waals surface area contributed by atoms with Crippen molar-refractivity contribution in [2.75, 3.05) is 19.0 Å². The lowest BCUT2D eigenvalue weighted by Crippen LogP contribution is -2.40. The van der Waals surface area contributed by atoms with Gasteiger partial charge in [0.25, 0.3) is 5.91 Å². The lowest BCUT2D eigenvalue weighted by Gasteiger charge is -2.18. The molecule has 1 aromatic carbocycles. The van der Waals surface area contributed by atoms with Crippen LogP contribution in [0.4, 0.5) is 5.69 Å². The average molecular weight is 293 g/mol. The van der Waals surface area contributed by atoms with E-state index >= 15 is 0 Å². The van der Waals surface area contributed by atoms with Crippen LogP contribution in [-0.2, 0) is 9.59 Å². The monoisotopic (exact) mass is 293 g/mol. The first-order chi connectivity index (χ1) is 9.97. The van der Waals surface area contributed by atoms with E-state index in [-0.39, 0.29) is 24.3 Å². The zero-order valence-corrected chi connectivity index (χ0v) is 12.7. The zero-order chi connectivity index (χ0) is 15.8. The van der Waals surface area contributed by atoms with Gasteiger partial charge in [-0.15, -0.1) is 0 Å². The van der Waals surface area contributed by atoms with Crippen LogP contribution in [0, 0.1) is 5.92 Å². The molecule has 0 bridgehead atoms. The Morgan fingerprint density at radius 1 is 1.38 bits per heavy atom. The standard InChI is InChI=1S/C15H23N3O3/c1-4-10(2)14(16)15(20)18-11-6-5-7-12(8-11)21-9-13(19)17-3/h5-8,10,14H,4,9,16H2,1-3H3,(H,17,19)(H,18,20)/t10-,14-/m0/s1. The van der Waals surface area contributed by atoms with Crippen molar-refractivity contribution in [1.82, 2.24) is 5.32 Å². The van der Waals surface area contributed by atoms with E-state index < -0.39 is 6.04 Å². The summed E-state index contributed by atoms with van der Waals surface area (Å²) in [6.45, 7) is 3.86. The minimum atomic E-state index is -0.551. The topological polar surface area (TPSA) is 93.5 Å². The summed E-state index contributed by atoms with van der Waals surface area (Å²) >= 11 is 0. The number of benzene rings is 1. The van der Waals surface area contributed by atoms with E-state index in [0.29, 0.717) is 11.4 Å². The molecule has 0 spiro atoms. The molecule has 0 aromatic heterocycles. The Morgan fingerprint density at radius 3 is 2.71 bits per heavy atom. The van der Waals surface area contributed by atoms with E-state index in [0.717, 1.165) is 6.42 Å². The van der Waals surface area contributed by atoms with Gasteiger partial charge in [0, 0.05) is 18.8 Å². The largest absolute Gasteiger partial charge is 0.484 e. The number of rotatable bonds is 7. The lowest BCUT2D eigenvalue weighted by molar-refractivity contribution is -0.122. The van der Waals surface area contributed by atoms with Crippen molar-refractivity contribution in [2.45, 2.75) is 26.3 Å². The highest BCUT2D eigenvalue weighted by atomic mass is 16.5. The van der Waals surface area contributed by atoms with Crippen LogP contribution in [0.3, 0.4) is 0 Å². The summed E-state index contributed by atoms with van der Waals surface area (Å²) in [5, 5.41) is 5.22. The molecule has 6 nitrogen and oxygen atoms in total. The number of hydrogen-bond donors (Lipinski definition) is 3. The van der Waals surface area contributed by atoms with E-state index in [1.54, 1.807) is 31.3 Å². The number of nitrogens with two attached hydrogens (primary N) is 1. The SMILES string of the molecule is CC[C@H](C)[C@H](N)C(=O)Nc1cccc(OCC(=O)NC)c1.